The number of carboxylic acid groups (broad SMARTS) is 1. The zero-order chi connectivity index (χ0) is 14.6. The normalized spacial score (nSPS) is 12.8. The van der Waals surface area contributed by atoms with Crippen LogP contribution in [0.25, 0.3) is 0 Å². The van der Waals surface area contributed by atoms with Crippen molar-refractivity contribution >= 4 is 11.9 Å². The minimum atomic E-state index is -5.15. The van der Waals surface area contributed by atoms with E-state index in [1.54, 1.807) is 0 Å². The SMILES string of the molecule is O=C(O)[C@H](Cc1cccc(O)c1)NC(=O)C(F)(F)F. The fourth-order valence-electron chi connectivity index (χ4n) is 1.36. The van der Waals surface area contributed by atoms with Crippen molar-refractivity contribution in [3.8, 4) is 5.75 Å². The van der Waals surface area contributed by atoms with Gasteiger partial charge in [-0.15, -0.1) is 0 Å². The highest BCUT2D eigenvalue weighted by molar-refractivity contribution is 5.87. The summed E-state index contributed by atoms with van der Waals surface area (Å²) in [5, 5.41) is 19.3. The molecule has 5 nitrogen and oxygen atoms in total. The molecule has 0 saturated heterocycles. The van der Waals surface area contributed by atoms with E-state index >= 15 is 0 Å². The third kappa shape index (κ3) is 4.49. The number of aliphatic carboxylic acids is 1. The quantitative estimate of drug-likeness (QED) is 0.768. The summed E-state index contributed by atoms with van der Waals surface area (Å²) in [7, 11) is 0. The number of halogens is 3. The van der Waals surface area contributed by atoms with E-state index in [0.29, 0.717) is 0 Å². The van der Waals surface area contributed by atoms with Gasteiger partial charge in [0.25, 0.3) is 0 Å². The van der Waals surface area contributed by atoms with E-state index in [4.69, 9.17) is 10.2 Å². The monoisotopic (exact) mass is 277 g/mol. The van der Waals surface area contributed by atoms with Gasteiger partial charge in [-0.1, -0.05) is 12.1 Å². The lowest BCUT2D eigenvalue weighted by Crippen LogP contribution is -2.47. The molecule has 0 aromatic heterocycles. The van der Waals surface area contributed by atoms with Crippen LogP contribution in [0.2, 0.25) is 0 Å². The van der Waals surface area contributed by atoms with Crippen LogP contribution in [0.15, 0.2) is 24.3 Å². The topological polar surface area (TPSA) is 86.6 Å². The molecule has 1 atom stereocenters. The molecule has 0 fully saturated rings. The van der Waals surface area contributed by atoms with Gasteiger partial charge in [0.05, 0.1) is 0 Å². The van der Waals surface area contributed by atoms with Gasteiger partial charge in [0.2, 0.25) is 0 Å². The number of carboxylic acids is 1. The van der Waals surface area contributed by atoms with Crippen molar-refractivity contribution in [1.82, 2.24) is 5.32 Å². The number of alkyl halides is 3. The fourth-order valence-corrected chi connectivity index (χ4v) is 1.36. The van der Waals surface area contributed by atoms with Crippen LogP contribution in [-0.2, 0) is 16.0 Å². The first-order valence-corrected chi connectivity index (χ1v) is 5.08. The molecule has 3 N–H and O–H groups in total. The molecule has 1 amide bonds. The Bertz CT molecular complexity index is 487. The molecule has 0 bridgehead atoms. The summed E-state index contributed by atoms with van der Waals surface area (Å²) in [6, 6.07) is 3.64. The maximum atomic E-state index is 12.0. The maximum absolute atomic E-state index is 12.0. The van der Waals surface area contributed by atoms with Crippen LogP contribution in [-0.4, -0.2) is 34.3 Å². The Hall–Kier alpha value is -2.25. The molecule has 1 rings (SSSR count). The van der Waals surface area contributed by atoms with Crippen molar-refractivity contribution in [3.63, 3.8) is 0 Å². The van der Waals surface area contributed by atoms with Gasteiger partial charge in [0.15, 0.2) is 0 Å². The third-order valence-corrected chi connectivity index (χ3v) is 2.21. The van der Waals surface area contributed by atoms with Crippen molar-refractivity contribution < 1.29 is 33.0 Å². The van der Waals surface area contributed by atoms with Crippen LogP contribution < -0.4 is 5.32 Å². The molecule has 19 heavy (non-hydrogen) atoms. The van der Waals surface area contributed by atoms with Gasteiger partial charge in [-0.05, 0) is 17.7 Å². The number of phenolic OH excluding ortho intramolecular Hbond substituents is 1. The molecular weight excluding hydrogens is 267 g/mol. The minimum absolute atomic E-state index is 0.149. The lowest BCUT2D eigenvalue weighted by Gasteiger charge is -2.15. The Morgan fingerprint density at radius 3 is 2.42 bits per heavy atom. The van der Waals surface area contributed by atoms with Gasteiger partial charge in [-0.25, -0.2) is 4.79 Å². The van der Waals surface area contributed by atoms with E-state index < -0.39 is 24.1 Å². The molecule has 0 aliphatic heterocycles. The second-order valence-corrected chi connectivity index (χ2v) is 3.74. The van der Waals surface area contributed by atoms with E-state index in [2.05, 4.69) is 0 Å². The molecule has 0 aliphatic rings. The van der Waals surface area contributed by atoms with E-state index in [0.717, 1.165) is 0 Å². The summed E-state index contributed by atoms with van der Waals surface area (Å²) in [5.74, 6) is -4.07. The molecular formula is C11H10F3NO4. The van der Waals surface area contributed by atoms with Crippen LogP contribution in [0.3, 0.4) is 0 Å². The number of amides is 1. The second kappa shape index (κ2) is 5.59. The van der Waals surface area contributed by atoms with Crippen molar-refractivity contribution in [1.29, 1.82) is 0 Å². The Balaban J connectivity index is 2.80. The Labute approximate surface area is 105 Å². The zero-order valence-electron chi connectivity index (χ0n) is 9.44. The summed E-state index contributed by atoms with van der Waals surface area (Å²) in [6.45, 7) is 0. The van der Waals surface area contributed by atoms with Crippen molar-refractivity contribution in [2.75, 3.05) is 0 Å². The third-order valence-electron chi connectivity index (χ3n) is 2.21. The zero-order valence-corrected chi connectivity index (χ0v) is 9.44. The molecule has 0 unspecified atom stereocenters. The number of carbonyl (C=O) groups is 2. The first-order chi connectivity index (χ1) is 8.70. The van der Waals surface area contributed by atoms with Gasteiger partial charge >= 0.3 is 18.1 Å². The van der Waals surface area contributed by atoms with E-state index in [1.165, 1.54) is 29.6 Å². The Morgan fingerprint density at radius 2 is 1.95 bits per heavy atom. The smallest absolute Gasteiger partial charge is 0.471 e. The summed E-state index contributed by atoms with van der Waals surface area (Å²) in [5.41, 5.74) is 0.287. The molecule has 1 aromatic rings. The molecule has 0 aliphatic carbocycles. The number of aromatic hydroxyl groups is 1. The standard InChI is InChI=1S/C11H10F3NO4/c12-11(13,14)10(19)15-8(9(17)18)5-6-2-1-3-7(16)4-6/h1-4,8,16H,5H2,(H,15,19)(H,17,18)/t8-/m0/s1. The number of hydrogen-bond acceptors (Lipinski definition) is 3. The maximum Gasteiger partial charge on any atom is 0.471 e. The first kappa shape index (κ1) is 14.8. The Kier molecular flexibility index (Phi) is 4.36. The number of benzene rings is 1. The summed E-state index contributed by atoms with van der Waals surface area (Å²) in [4.78, 5) is 21.5. The first-order valence-electron chi connectivity index (χ1n) is 5.08. The highest BCUT2D eigenvalue weighted by Gasteiger charge is 2.40. The summed E-state index contributed by atoms with van der Waals surface area (Å²) >= 11 is 0. The van der Waals surface area contributed by atoms with Crippen LogP contribution in [0.5, 0.6) is 5.75 Å². The molecule has 0 spiro atoms. The summed E-state index contributed by atoms with van der Waals surface area (Å²) < 4.78 is 36.1. The number of carbonyl (C=O) groups excluding carboxylic acids is 1. The molecule has 0 heterocycles. The predicted molar refractivity (Wildman–Crippen MR) is 57.4 cm³/mol. The lowest BCUT2D eigenvalue weighted by molar-refractivity contribution is -0.175. The predicted octanol–water partition coefficient (Wildman–Crippen LogP) is 1.07. The lowest BCUT2D eigenvalue weighted by atomic mass is 10.1. The van der Waals surface area contributed by atoms with Crippen LogP contribution in [0, 0.1) is 0 Å². The van der Waals surface area contributed by atoms with Crippen molar-refractivity contribution in [2.45, 2.75) is 18.6 Å². The van der Waals surface area contributed by atoms with E-state index in [1.807, 2.05) is 0 Å². The highest BCUT2D eigenvalue weighted by Crippen LogP contribution is 2.16. The second-order valence-electron chi connectivity index (χ2n) is 3.74. The van der Waals surface area contributed by atoms with E-state index in [-0.39, 0.29) is 17.7 Å². The van der Waals surface area contributed by atoms with Gasteiger partial charge in [-0.2, -0.15) is 13.2 Å². The average molecular weight is 277 g/mol. The number of nitrogens with one attached hydrogen (secondary N) is 1. The molecule has 1 aromatic carbocycles. The number of hydrogen-bond donors (Lipinski definition) is 3. The van der Waals surface area contributed by atoms with Gasteiger partial charge in [0.1, 0.15) is 11.8 Å². The van der Waals surface area contributed by atoms with Crippen molar-refractivity contribution in [3.05, 3.63) is 29.8 Å². The highest BCUT2D eigenvalue weighted by atomic mass is 19.4. The van der Waals surface area contributed by atoms with Crippen molar-refractivity contribution in [2.24, 2.45) is 0 Å². The minimum Gasteiger partial charge on any atom is -0.508 e. The summed E-state index contributed by atoms with van der Waals surface area (Å²) in [6.07, 6.45) is -5.52. The van der Waals surface area contributed by atoms with Gasteiger partial charge in [-0.3, -0.25) is 4.79 Å². The van der Waals surface area contributed by atoms with E-state index in [9.17, 15) is 22.8 Å². The van der Waals surface area contributed by atoms with Crippen LogP contribution in [0.4, 0.5) is 13.2 Å². The molecule has 8 heteroatoms. The largest absolute Gasteiger partial charge is 0.508 e. The molecule has 104 valence electrons. The van der Waals surface area contributed by atoms with Gasteiger partial charge < -0.3 is 15.5 Å². The molecule has 0 saturated carbocycles. The Morgan fingerprint density at radius 1 is 1.32 bits per heavy atom. The van der Waals surface area contributed by atoms with Crippen LogP contribution >= 0.6 is 0 Å². The fraction of sp³-hybridized carbons (Fsp3) is 0.273. The average Bonchev–Trinajstić information content (AvgIpc) is 2.26. The van der Waals surface area contributed by atoms with Crippen LogP contribution in [0.1, 0.15) is 5.56 Å². The van der Waals surface area contributed by atoms with Gasteiger partial charge in [0, 0.05) is 6.42 Å². The molecule has 0 radical (unpaired) electrons. The number of rotatable bonds is 4. The number of phenols is 1.